The molecule has 0 spiro atoms. The Morgan fingerprint density at radius 3 is 2.79 bits per heavy atom. The van der Waals surface area contributed by atoms with Crippen LogP contribution in [0.5, 0.6) is 0 Å². The molecular weight excluding hydrogens is 398 g/mol. The molecule has 0 fully saturated rings. The van der Waals surface area contributed by atoms with Gasteiger partial charge in [-0.15, -0.1) is 11.3 Å². The Kier molecular flexibility index (Phi) is 4.20. The fraction of sp³-hybridized carbons (Fsp3) is 0.154. The minimum atomic E-state index is -1.08. The van der Waals surface area contributed by atoms with Crippen LogP contribution in [0.1, 0.15) is 16.1 Å². The van der Waals surface area contributed by atoms with E-state index in [2.05, 4.69) is 36.0 Å². The molecule has 24 heavy (non-hydrogen) atoms. The zero-order valence-corrected chi connectivity index (χ0v) is 15.0. The lowest BCUT2D eigenvalue weighted by molar-refractivity contribution is 0.0697. The number of nitrogens with zero attached hydrogens (tertiary/aromatic N) is 6. The van der Waals surface area contributed by atoms with Crippen LogP contribution in [-0.4, -0.2) is 42.9 Å². The summed E-state index contributed by atoms with van der Waals surface area (Å²) >= 11 is 4.86. The van der Waals surface area contributed by atoms with E-state index < -0.39 is 5.97 Å². The first-order valence-electron chi connectivity index (χ1n) is 6.63. The monoisotopic (exact) mass is 409 g/mol. The third kappa shape index (κ3) is 2.83. The van der Waals surface area contributed by atoms with Crippen LogP contribution in [0.2, 0.25) is 0 Å². The Morgan fingerprint density at radius 1 is 1.46 bits per heavy atom. The van der Waals surface area contributed by atoms with Gasteiger partial charge < -0.3 is 15.7 Å². The molecule has 0 aliphatic carbocycles. The number of thiazole rings is 1. The van der Waals surface area contributed by atoms with Crippen molar-refractivity contribution in [1.82, 2.24) is 24.7 Å². The predicted molar refractivity (Wildman–Crippen MR) is 93.1 cm³/mol. The van der Waals surface area contributed by atoms with Gasteiger partial charge in [0, 0.05) is 13.2 Å². The number of aryl methyl sites for hydroxylation is 1. The topological polar surface area (TPSA) is 123 Å². The summed E-state index contributed by atoms with van der Waals surface area (Å²) in [7, 11) is 1.84. The van der Waals surface area contributed by atoms with Crippen molar-refractivity contribution >= 4 is 49.9 Å². The Labute approximate surface area is 148 Å². The highest BCUT2D eigenvalue weighted by molar-refractivity contribution is 9.10. The molecule has 3 aromatic rings. The second-order valence-electron chi connectivity index (χ2n) is 4.83. The lowest BCUT2D eigenvalue weighted by atomic mass is 10.4. The maximum absolute atomic E-state index is 11.0. The van der Waals surface area contributed by atoms with Gasteiger partial charge >= 0.3 is 5.97 Å². The maximum atomic E-state index is 11.0. The summed E-state index contributed by atoms with van der Waals surface area (Å²) in [6, 6.07) is 0. The smallest absolute Gasteiger partial charge is 0.338 e. The van der Waals surface area contributed by atoms with Crippen molar-refractivity contribution in [3.63, 3.8) is 0 Å². The molecule has 3 aromatic heterocycles. The van der Waals surface area contributed by atoms with Gasteiger partial charge in [-0.2, -0.15) is 15.1 Å². The molecule has 3 heterocycles. The second kappa shape index (κ2) is 6.17. The molecule has 0 bridgehead atoms. The highest BCUT2D eigenvalue weighted by Crippen LogP contribution is 2.35. The lowest BCUT2D eigenvalue weighted by Gasteiger charge is -2.19. The van der Waals surface area contributed by atoms with Crippen LogP contribution >= 0.6 is 27.3 Å². The molecule has 11 heteroatoms. The first kappa shape index (κ1) is 16.3. The van der Waals surface area contributed by atoms with Gasteiger partial charge in [-0.1, -0.05) is 0 Å². The van der Waals surface area contributed by atoms with Crippen LogP contribution in [-0.2, 0) is 0 Å². The van der Waals surface area contributed by atoms with Gasteiger partial charge in [0.2, 0.25) is 0 Å². The number of rotatable bonds is 4. The van der Waals surface area contributed by atoms with E-state index in [-0.39, 0.29) is 17.3 Å². The van der Waals surface area contributed by atoms with Crippen molar-refractivity contribution in [2.45, 2.75) is 6.92 Å². The quantitative estimate of drug-likeness (QED) is 0.671. The van der Waals surface area contributed by atoms with Crippen LogP contribution in [0, 0.1) is 6.92 Å². The highest BCUT2D eigenvalue weighted by atomic mass is 79.9. The molecule has 0 aliphatic heterocycles. The zero-order valence-electron chi connectivity index (χ0n) is 12.6. The molecule has 3 rings (SSSR count). The first-order valence-corrected chi connectivity index (χ1v) is 8.31. The van der Waals surface area contributed by atoms with Crippen molar-refractivity contribution in [2.24, 2.45) is 0 Å². The second-order valence-corrected chi connectivity index (χ2v) is 6.45. The Balaban J connectivity index is 2.09. The number of aromatic nitrogens is 5. The summed E-state index contributed by atoms with van der Waals surface area (Å²) in [6.45, 7) is 1.90. The molecule has 0 amide bonds. The van der Waals surface area contributed by atoms with Crippen molar-refractivity contribution in [3.05, 3.63) is 33.6 Å². The van der Waals surface area contributed by atoms with Gasteiger partial charge in [0.05, 0.1) is 23.0 Å². The highest BCUT2D eigenvalue weighted by Gasteiger charge is 2.19. The largest absolute Gasteiger partial charge is 0.478 e. The number of carboxylic acids is 1. The molecule has 0 saturated heterocycles. The van der Waals surface area contributed by atoms with Crippen molar-refractivity contribution in [3.8, 4) is 5.95 Å². The third-order valence-corrected chi connectivity index (χ3v) is 4.99. The number of aromatic carboxylic acids is 1. The van der Waals surface area contributed by atoms with Crippen molar-refractivity contribution in [2.75, 3.05) is 17.7 Å². The fourth-order valence-corrected chi connectivity index (χ4v) is 3.24. The van der Waals surface area contributed by atoms with Gasteiger partial charge in [-0.25, -0.2) is 14.5 Å². The van der Waals surface area contributed by atoms with E-state index in [4.69, 9.17) is 10.8 Å². The normalized spacial score (nSPS) is 10.8. The molecule has 0 aromatic carbocycles. The van der Waals surface area contributed by atoms with Gasteiger partial charge in [0.15, 0.2) is 5.82 Å². The van der Waals surface area contributed by atoms with Crippen LogP contribution in [0.4, 0.5) is 16.6 Å². The number of carboxylic acid groups (broad SMARTS) is 1. The molecule has 3 N–H and O–H groups in total. The van der Waals surface area contributed by atoms with E-state index in [1.165, 1.54) is 28.4 Å². The number of halogens is 1. The van der Waals surface area contributed by atoms with Crippen LogP contribution in [0.3, 0.4) is 0 Å². The number of hydrogen-bond donors (Lipinski definition) is 2. The van der Waals surface area contributed by atoms with E-state index in [0.29, 0.717) is 10.3 Å². The molecule has 0 unspecified atom stereocenters. The molecule has 0 aliphatic rings. The number of nitrogen functional groups attached to an aromatic ring is 1. The fourth-order valence-electron chi connectivity index (χ4n) is 2.02. The molecule has 0 saturated carbocycles. The number of hydrogen-bond acceptors (Lipinski definition) is 8. The predicted octanol–water partition coefficient (Wildman–Crippen LogP) is 2.24. The Hall–Kier alpha value is -2.53. The SMILES string of the molecule is Cc1ncsc1N(C)c1nc(-n2cc(C(=O)O)cn2)nc(N)c1Br. The van der Waals surface area contributed by atoms with E-state index in [1.54, 1.807) is 5.51 Å². The summed E-state index contributed by atoms with van der Waals surface area (Å²) in [6.07, 6.45) is 2.55. The number of anilines is 3. The van der Waals surface area contributed by atoms with E-state index in [9.17, 15) is 4.79 Å². The first-order chi connectivity index (χ1) is 11.4. The standard InChI is InChI=1S/C13H12BrN7O2S/c1-6-11(24-5-16-6)20(2)10-8(14)9(15)18-13(19-10)21-4-7(3-17-21)12(22)23/h3-5H,1-2H3,(H,22,23)(H2,15,18,19). The average molecular weight is 410 g/mol. The third-order valence-electron chi connectivity index (χ3n) is 3.22. The zero-order chi connectivity index (χ0) is 17.4. The van der Waals surface area contributed by atoms with Crippen molar-refractivity contribution in [1.29, 1.82) is 0 Å². The molecule has 124 valence electrons. The Morgan fingerprint density at radius 2 is 2.21 bits per heavy atom. The number of nitrogens with two attached hydrogens (primary N) is 1. The summed E-state index contributed by atoms with van der Waals surface area (Å²) in [4.78, 5) is 25.6. The summed E-state index contributed by atoms with van der Waals surface area (Å²) in [5, 5.41) is 13.9. The molecular formula is C13H12BrN7O2S. The molecule has 0 atom stereocenters. The summed E-state index contributed by atoms with van der Waals surface area (Å²) in [5.41, 5.74) is 8.60. The number of carbonyl (C=O) groups is 1. The van der Waals surface area contributed by atoms with Crippen LogP contribution in [0.15, 0.2) is 22.4 Å². The van der Waals surface area contributed by atoms with E-state index >= 15 is 0 Å². The van der Waals surface area contributed by atoms with Gasteiger partial charge in [0.25, 0.3) is 5.95 Å². The summed E-state index contributed by atoms with van der Waals surface area (Å²) in [5.74, 6) is -0.162. The van der Waals surface area contributed by atoms with Gasteiger partial charge in [-0.3, -0.25) is 0 Å². The van der Waals surface area contributed by atoms with E-state index in [1.807, 2.05) is 18.9 Å². The summed E-state index contributed by atoms with van der Waals surface area (Å²) < 4.78 is 1.80. The molecule has 9 nitrogen and oxygen atoms in total. The van der Waals surface area contributed by atoms with Crippen LogP contribution < -0.4 is 10.6 Å². The minimum absolute atomic E-state index is 0.0355. The van der Waals surface area contributed by atoms with Gasteiger partial charge in [-0.05, 0) is 22.9 Å². The van der Waals surface area contributed by atoms with E-state index in [0.717, 1.165) is 10.7 Å². The molecule has 0 radical (unpaired) electrons. The lowest BCUT2D eigenvalue weighted by Crippen LogP contribution is -2.16. The van der Waals surface area contributed by atoms with Crippen LogP contribution in [0.25, 0.3) is 5.95 Å². The maximum Gasteiger partial charge on any atom is 0.338 e. The van der Waals surface area contributed by atoms with Crippen molar-refractivity contribution < 1.29 is 9.90 Å². The van der Waals surface area contributed by atoms with Gasteiger partial charge in [0.1, 0.15) is 15.3 Å². The average Bonchev–Trinajstić information content (AvgIpc) is 3.18. The minimum Gasteiger partial charge on any atom is -0.478 e. The Bertz CT molecular complexity index is 923.